The second-order valence-electron chi connectivity index (χ2n) is 4.28. The molecule has 0 atom stereocenters. The minimum Gasteiger partial charge on any atom is -0.469 e. The first-order chi connectivity index (χ1) is 9.28. The van der Waals surface area contributed by atoms with Crippen molar-refractivity contribution in [2.24, 2.45) is 0 Å². The quantitative estimate of drug-likeness (QED) is 0.673. The van der Waals surface area contributed by atoms with E-state index in [0.29, 0.717) is 10.9 Å². The summed E-state index contributed by atoms with van der Waals surface area (Å²) in [6, 6.07) is 9.53. The van der Waals surface area contributed by atoms with Gasteiger partial charge in [0, 0.05) is 18.0 Å². The minimum atomic E-state index is 0.379. The highest BCUT2D eigenvalue weighted by molar-refractivity contribution is 6.31. The van der Waals surface area contributed by atoms with E-state index in [0.717, 1.165) is 35.6 Å². The highest BCUT2D eigenvalue weighted by Crippen LogP contribution is 2.22. The van der Waals surface area contributed by atoms with Crippen LogP contribution in [0.2, 0.25) is 5.02 Å². The van der Waals surface area contributed by atoms with Crippen molar-refractivity contribution >= 4 is 34.2 Å². The molecule has 0 saturated heterocycles. The summed E-state index contributed by atoms with van der Waals surface area (Å²) in [5, 5.41) is 0.702. The number of hydrogen-bond acceptors (Lipinski definition) is 2. The van der Waals surface area contributed by atoms with Crippen LogP contribution in [0.1, 0.15) is 11.6 Å². The van der Waals surface area contributed by atoms with E-state index < -0.39 is 0 Å². The number of benzene rings is 1. The van der Waals surface area contributed by atoms with Crippen molar-refractivity contribution < 1.29 is 4.42 Å². The van der Waals surface area contributed by atoms with Gasteiger partial charge < -0.3 is 8.98 Å². The van der Waals surface area contributed by atoms with Gasteiger partial charge in [-0.05, 0) is 30.3 Å². The van der Waals surface area contributed by atoms with Gasteiger partial charge in [-0.25, -0.2) is 4.98 Å². The fraction of sp³-hybridized carbons (Fsp3) is 0.214. The molecule has 0 aliphatic rings. The lowest BCUT2D eigenvalue weighted by Crippen LogP contribution is -2.04. The fourth-order valence-electron chi connectivity index (χ4n) is 2.17. The van der Waals surface area contributed by atoms with Crippen LogP contribution >= 0.6 is 23.2 Å². The summed E-state index contributed by atoms with van der Waals surface area (Å²) in [5.41, 5.74) is 1.93. The van der Waals surface area contributed by atoms with E-state index >= 15 is 0 Å². The maximum absolute atomic E-state index is 6.05. The monoisotopic (exact) mass is 294 g/mol. The Kier molecular flexibility index (Phi) is 3.49. The zero-order valence-electron chi connectivity index (χ0n) is 10.1. The zero-order chi connectivity index (χ0) is 13.2. The molecular weight excluding hydrogens is 283 g/mol. The summed E-state index contributed by atoms with van der Waals surface area (Å²) in [6.07, 6.45) is 2.48. The highest BCUT2D eigenvalue weighted by atomic mass is 35.5. The Morgan fingerprint density at radius 2 is 2.16 bits per heavy atom. The molecule has 98 valence electrons. The maximum atomic E-state index is 6.05. The van der Waals surface area contributed by atoms with E-state index in [1.54, 1.807) is 6.26 Å². The highest BCUT2D eigenvalue weighted by Gasteiger charge is 2.10. The fourth-order valence-corrected chi connectivity index (χ4v) is 2.54. The Labute approximate surface area is 120 Å². The second kappa shape index (κ2) is 5.27. The zero-order valence-corrected chi connectivity index (χ0v) is 11.7. The Morgan fingerprint density at radius 1 is 1.26 bits per heavy atom. The number of imidazole rings is 1. The molecule has 0 saturated carbocycles. The first-order valence-electron chi connectivity index (χ1n) is 6.01. The Hall–Kier alpha value is -1.45. The van der Waals surface area contributed by atoms with Gasteiger partial charge in [-0.15, -0.1) is 11.6 Å². The van der Waals surface area contributed by atoms with Crippen LogP contribution in [-0.2, 0) is 18.8 Å². The van der Waals surface area contributed by atoms with Crippen molar-refractivity contribution in [2.45, 2.75) is 18.8 Å². The molecule has 5 heteroatoms. The molecule has 1 aromatic carbocycles. The number of halogens is 2. The first kappa shape index (κ1) is 12.6. The predicted octanol–water partition coefficient (Wildman–Crippen LogP) is 4.26. The first-order valence-corrected chi connectivity index (χ1v) is 6.92. The van der Waals surface area contributed by atoms with Crippen molar-refractivity contribution in [3.8, 4) is 0 Å². The average molecular weight is 295 g/mol. The molecular formula is C14H12Cl2N2O. The van der Waals surface area contributed by atoms with Crippen LogP contribution in [0.15, 0.2) is 41.0 Å². The van der Waals surface area contributed by atoms with Crippen molar-refractivity contribution in [1.29, 1.82) is 0 Å². The number of aryl methyl sites for hydroxylation is 2. The number of fused-ring (bicyclic) bond motifs is 1. The summed E-state index contributed by atoms with van der Waals surface area (Å²) in [6.45, 7) is 0.770. The lowest BCUT2D eigenvalue weighted by atomic mass is 10.3. The molecule has 0 fully saturated rings. The molecule has 3 rings (SSSR count). The van der Waals surface area contributed by atoms with Crippen LogP contribution in [-0.4, -0.2) is 9.55 Å². The number of alkyl halides is 1. The third-order valence-corrected chi connectivity index (χ3v) is 3.54. The van der Waals surface area contributed by atoms with Gasteiger partial charge in [0.05, 0.1) is 23.2 Å². The minimum absolute atomic E-state index is 0.379. The number of rotatable bonds is 4. The standard InChI is InChI=1S/C14H12Cl2N2O/c15-9-14-17-12-4-3-10(16)8-13(12)18(14)6-5-11-2-1-7-19-11/h1-4,7-8H,5-6,9H2. The molecule has 2 aromatic heterocycles. The van der Waals surface area contributed by atoms with E-state index in [2.05, 4.69) is 9.55 Å². The van der Waals surface area contributed by atoms with E-state index in [-0.39, 0.29) is 0 Å². The molecule has 0 spiro atoms. The molecule has 2 heterocycles. The number of aromatic nitrogens is 2. The maximum Gasteiger partial charge on any atom is 0.124 e. The molecule has 19 heavy (non-hydrogen) atoms. The number of nitrogens with zero attached hydrogens (tertiary/aromatic N) is 2. The van der Waals surface area contributed by atoms with Crippen LogP contribution in [0, 0.1) is 0 Å². The lowest BCUT2D eigenvalue weighted by molar-refractivity contribution is 0.491. The third-order valence-electron chi connectivity index (χ3n) is 3.07. The third kappa shape index (κ3) is 2.48. The largest absolute Gasteiger partial charge is 0.469 e. The van der Waals surface area contributed by atoms with Gasteiger partial charge >= 0.3 is 0 Å². The SMILES string of the molecule is ClCc1nc2ccc(Cl)cc2n1CCc1ccco1. The molecule has 0 amide bonds. The van der Waals surface area contributed by atoms with Crippen molar-refractivity contribution in [2.75, 3.05) is 0 Å². The van der Waals surface area contributed by atoms with Gasteiger partial charge in [-0.1, -0.05) is 11.6 Å². The normalized spacial score (nSPS) is 11.3. The van der Waals surface area contributed by atoms with Crippen molar-refractivity contribution in [3.05, 3.63) is 53.2 Å². The predicted molar refractivity (Wildman–Crippen MR) is 76.7 cm³/mol. The smallest absolute Gasteiger partial charge is 0.124 e. The molecule has 0 aliphatic carbocycles. The van der Waals surface area contributed by atoms with E-state index in [1.165, 1.54) is 0 Å². The second-order valence-corrected chi connectivity index (χ2v) is 4.98. The molecule has 3 nitrogen and oxygen atoms in total. The van der Waals surface area contributed by atoms with Gasteiger partial charge in [0.25, 0.3) is 0 Å². The van der Waals surface area contributed by atoms with Gasteiger partial charge in [0.2, 0.25) is 0 Å². The van der Waals surface area contributed by atoms with Crippen LogP contribution in [0.4, 0.5) is 0 Å². The summed E-state index contributed by atoms with van der Waals surface area (Å²) >= 11 is 12.0. The average Bonchev–Trinajstić information content (AvgIpc) is 3.03. The van der Waals surface area contributed by atoms with E-state index in [1.807, 2.05) is 30.3 Å². The Bertz CT molecular complexity index is 689. The van der Waals surface area contributed by atoms with Crippen LogP contribution < -0.4 is 0 Å². The molecule has 0 N–H and O–H groups in total. The van der Waals surface area contributed by atoms with Gasteiger partial charge in [-0.2, -0.15) is 0 Å². The van der Waals surface area contributed by atoms with Crippen molar-refractivity contribution in [3.63, 3.8) is 0 Å². The summed E-state index contributed by atoms with van der Waals surface area (Å²) < 4.78 is 7.44. The van der Waals surface area contributed by atoms with Crippen LogP contribution in [0.5, 0.6) is 0 Å². The summed E-state index contributed by atoms with van der Waals surface area (Å²) in [5.74, 6) is 2.18. The number of furan rings is 1. The summed E-state index contributed by atoms with van der Waals surface area (Å²) in [7, 11) is 0. The van der Waals surface area contributed by atoms with E-state index in [9.17, 15) is 0 Å². The van der Waals surface area contributed by atoms with Crippen LogP contribution in [0.25, 0.3) is 11.0 Å². The molecule has 0 radical (unpaired) electrons. The summed E-state index contributed by atoms with van der Waals surface area (Å²) in [4.78, 5) is 4.51. The van der Waals surface area contributed by atoms with Crippen molar-refractivity contribution in [1.82, 2.24) is 9.55 Å². The topological polar surface area (TPSA) is 31.0 Å². The molecule has 3 aromatic rings. The number of hydrogen-bond donors (Lipinski definition) is 0. The Balaban J connectivity index is 1.97. The van der Waals surface area contributed by atoms with Gasteiger partial charge in [-0.3, -0.25) is 0 Å². The van der Waals surface area contributed by atoms with Gasteiger partial charge in [0.15, 0.2) is 0 Å². The molecule has 0 unspecified atom stereocenters. The van der Waals surface area contributed by atoms with Crippen LogP contribution in [0.3, 0.4) is 0 Å². The Morgan fingerprint density at radius 3 is 2.89 bits per heavy atom. The van der Waals surface area contributed by atoms with E-state index in [4.69, 9.17) is 27.6 Å². The molecule has 0 aliphatic heterocycles. The van der Waals surface area contributed by atoms with Gasteiger partial charge in [0.1, 0.15) is 11.6 Å². The molecule has 0 bridgehead atoms. The lowest BCUT2D eigenvalue weighted by Gasteiger charge is -2.06.